The number of nitrogens with zero attached hydrogens (tertiary/aromatic N) is 2. The third-order valence-electron chi connectivity index (χ3n) is 3.90. The molecule has 0 fully saturated rings. The van der Waals surface area contributed by atoms with Crippen LogP contribution in [0.15, 0.2) is 59.8 Å². The van der Waals surface area contributed by atoms with Crippen LogP contribution in [0, 0.1) is 0 Å². The number of aryl methyl sites for hydroxylation is 1. The third kappa shape index (κ3) is 4.06. The molecular formula is C18H19N3O3S. The number of nitrogens with one attached hydrogen (secondary N) is 1. The molecule has 1 N–H and O–H groups in total. The van der Waals surface area contributed by atoms with Crippen molar-refractivity contribution in [3.05, 3.63) is 66.2 Å². The normalized spacial score (nSPS) is 11.6. The molecule has 25 heavy (non-hydrogen) atoms. The second-order valence-corrected chi connectivity index (χ2v) is 7.85. The first kappa shape index (κ1) is 17.2. The van der Waals surface area contributed by atoms with Crippen molar-refractivity contribution >= 4 is 21.3 Å². The third-order valence-corrected chi connectivity index (χ3v) is 5.01. The number of benzene rings is 1. The van der Waals surface area contributed by atoms with Crippen LogP contribution in [0.1, 0.15) is 22.6 Å². The number of imidazole rings is 1. The second-order valence-electron chi connectivity index (χ2n) is 5.83. The molecule has 0 saturated carbocycles. The number of sulfone groups is 1. The molecule has 0 radical (unpaired) electrons. The summed E-state index contributed by atoms with van der Waals surface area (Å²) in [4.78, 5) is 16.7. The summed E-state index contributed by atoms with van der Waals surface area (Å²) in [7, 11) is -3.33. The van der Waals surface area contributed by atoms with E-state index in [2.05, 4.69) is 10.3 Å². The van der Waals surface area contributed by atoms with E-state index >= 15 is 0 Å². The highest BCUT2D eigenvalue weighted by atomic mass is 32.2. The zero-order valence-corrected chi connectivity index (χ0v) is 14.7. The molecule has 130 valence electrons. The van der Waals surface area contributed by atoms with Crippen LogP contribution >= 0.6 is 0 Å². The van der Waals surface area contributed by atoms with Gasteiger partial charge in [0, 0.05) is 31.0 Å². The van der Waals surface area contributed by atoms with Crippen molar-refractivity contribution in [1.82, 2.24) is 14.7 Å². The van der Waals surface area contributed by atoms with Gasteiger partial charge >= 0.3 is 0 Å². The molecule has 0 bridgehead atoms. The quantitative estimate of drug-likeness (QED) is 0.685. The number of aromatic nitrogens is 2. The van der Waals surface area contributed by atoms with Gasteiger partial charge in [-0.2, -0.15) is 0 Å². The first-order chi connectivity index (χ1) is 11.9. The Kier molecular flexibility index (Phi) is 4.85. The number of carbonyl (C=O) groups is 1. The molecule has 3 aromatic rings. The fraction of sp³-hybridized carbons (Fsp3) is 0.222. The summed E-state index contributed by atoms with van der Waals surface area (Å²) in [5.41, 5.74) is 1.38. The van der Waals surface area contributed by atoms with Crippen LogP contribution in [-0.2, 0) is 16.3 Å². The Morgan fingerprint density at radius 3 is 2.84 bits per heavy atom. The number of carbonyl (C=O) groups excluding carboxylic acids is 1. The zero-order valence-electron chi connectivity index (χ0n) is 13.8. The Balaban J connectivity index is 1.56. The summed E-state index contributed by atoms with van der Waals surface area (Å²) in [6.07, 6.45) is 6.39. The largest absolute Gasteiger partial charge is 0.352 e. The van der Waals surface area contributed by atoms with Gasteiger partial charge in [0.1, 0.15) is 5.82 Å². The molecule has 1 aromatic carbocycles. The van der Waals surface area contributed by atoms with E-state index < -0.39 is 9.84 Å². The second kappa shape index (κ2) is 7.06. The van der Waals surface area contributed by atoms with Gasteiger partial charge in [0.25, 0.3) is 5.91 Å². The highest BCUT2D eigenvalue weighted by Gasteiger charge is 2.11. The smallest absolute Gasteiger partial charge is 0.251 e. The maximum atomic E-state index is 12.2. The molecule has 0 spiro atoms. The number of pyridine rings is 1. The maximum absolute atomic E-state index is 12.2. The fourth-order valence-electron chi connectivity index (χ4n) is 2.60. The minimum atomic E-state index is -3.33. The van der Waals surface area contributed by atoms with Crippen molar-refractivity contribution in [1.29, 1.82) is 0 Å². The van der Waals surface area contributed by atoms with Crippen molar-refractivity contribution in [2.45, 2.75) is 17.7 Å². The van der Waals surface area contributed by atoms with E-state index in [-0.39, 0.29) is 10.8 Å². The number of fused-ring (bicyclic) bond motifs is 1. The molecule has 7 heteroatoms. The van der Waals surface area contributed by atoms with E-state index in [0.717, 1.165) is 30.4 Å². The van der Waals surface area contributed by atoms with Crippen LogP contribution in [0.2, 0.25) is 0 Å². The number of rotatable bonds is 6. The van der Waals surface area contributed by atoms with Crippen molar-refractivity contribution in [3.8, 4) is 0 Å². The molecule has 6 nitrogen and oxygen atoms in total. The molecule has 3 rings (SSSR count). The SMILES string of the molecule is CS(=O)(=O)c1cccc(C(=O)NCCCc2ncc3ccccn23)c1. The van der Waals surface area contributed by atoms with Gasteiger partial charge in [-0.15, -0.1) is 0 Å². The maximum Gasteiger partial charge on any atom is 0.251 e. The average Bonchev–Trinajstić information content (AvgIpc) is 3.01. The van der Waals surface area contributed by atoms with Gasteiger partial charge in [-0.25, -0.2) is 13.4 Å². The predicted molar refractivity (Wildman–Crippen MR) is 95.4 cm³/mol. The Labute approximate surface area is 146 Å². The van der Waals surface area contributed by atoms with Crippen LogP contribution in [-0.4, -0.2) is 36.5 Å². The monoisotopic (exact) mass is 357 g/mol. The Morgan fingerprint density at radius 1 is 1.20 bits per heavy atom. The molecule has 1 amide bonds. The molecule has 0 aliphatic carbocycles. The van der Waals surface area contributed by atoms with E-state index in [1.807, 2.05) is 35.0 Å². The molecular weight excluding hydrogens is 338 g/mol. The first-order valence-corrected chi connectivity index (χ1v) is 9.83. The van der Waals surface area contributed by atoms with E-state index in [1.165, 1.54) is 12.1 Å². The van der Waals surface area contributed by atoms with Crippen molar-refractivity contribution in [2.75, 3.05) is 12.8 Å². The van der Waals surface area contributed by atoms with Crippen LogP contribution in [0.3, 0.4) is 0 Å². The Bertz CT molecular complexity index is 1010. The molecule has 0 aliphatic heterocycles. The van der Waals surface area contributed by atoms with Gasteiger partial charge in [0.2, 0.25) is 0 Å². The van der Waals surface area contributed by atoms with E-state index in [0.29, 0.717) is 12.1 Å². The van der Waals surface area contributed by atoms with Crippen molar-refractivity contribution in [2.24, 2.45) is 0 Å². The van der Waals surface area contributed by atoms with Gasteiger partial charge in [-0.1, -0.05) is 12.1 Å². The molecule has 2 heterocycles. The van der Waals surface area contributed by atoms with Gasteiger partial charge in [0.15, 0.2) is 9.84 Å². The average molecular weight is 357 g/mol. The van der Waals surface area contributed by atoms with Crippen molar-refractivity contribution < 1.29 is 13.2 Å². The van der Waals surface area contributed by atoms with E-state index in [9.17, 15) is 13.2 Å². The standard InChI is InChI=1S/C18H19N3O3S/c1-25(23,24)16-8-4-6-14(12-16)18(22)19-10-5-9-17-20-13-15-7-2-3-11-21(15)17/h2-4,6-8,11-13H,5,9-10H2,1H3,(H,19,22). The summed E-state index contributed by atoms with van der Waals surface area (Å²) < 4.78 is 25.2. The lowest BCUT2D eigenvalue weighted by Gasteiger charge is -2.06. The Morgan fingerprint density at radius 2 is 2.04 bits per heavy atom. The number of hydrogen-bond donors (Lipinski definition) is 1. The predicted octanol–water partition coefficient (Wildman–Crippen LogP) is 2.10. The molecule has 0 aliphatic rings. The summed E-state index contributed by atoms with van der Waals surface area (Å²) in [5, 5.41) is 2.82. The lowest BCUT2D eigenvalue weighted by atomic mass is 10.2. The van der Waals surface area contributed by atoms with Crippen LogP contribution in [0.25, 0.3) is 5.52 Å². The first-order valence-electron chi connectivity index (χ1n) is 7.94. The summed E-state index contributed by atoms with van der Waals surface area (Å²) in [5.74, 6) is 0.669. The van der Waals surface area contributed by atoms with Gasteiger partial charge in [-0.3, -0.25) is 4.79 Å². The minimum Gasteiger partial charge on any atom is -0.352 e. The summed E-state index contributed by atoms with van der Waals surface area (Å²) in [6, 6.07) is 12.0. The lowest BCUT2D eigenvalue weighted by Crippen LogP contribution is -2.25. The van der Waals surface area contributed by atoms with Gasteiger partial charge in [-0.05, 0) is 36.8 Å². The number of hydrogen-bond acceptors (Lipinski definition) is 4. The highest BCUT2D eigenvalue weighted by Crippen LogP contribution is 2.11. The fourth-order valence-corrected chi connectivity index (χ4v) is 3.27. The molecule has 2 aromatic heterocycles. The van der Waals surface area contributed by atoms with E-state index in [4.69, 9.17) is 0 Å². The molecule has 0 atom stereocenters. The highest BCUT2D eigenvalue weighted by molar-refractivity contribution is 7.90. The van der Waals surface area contributed by atoms with Crippen LogP contribution in [0.5, 0.6) is 0 Å². The van der Waals surface area contributed by atoms with Gasteiger partial charge in [0.05, 0.1) is 16.6 Å². The van der Waals surface area contributed by atoms with Crippen LogP contribution < -0.4 is 5.32 Å². The minimum absolute atomic E-state index is 0.143. The lowest BCUT2D eigenvalue weighted by molar-refractivity contribution is 0.0953. The zero-order chi connectivity index (χ0) is 17.9. The number of amides is 1. The molecule has 0 unspecified atom stereocenters. The topological polar surface area (TPSA) is 80.5 Å². The van der Waals surface area contributed by atoms with E-state index in [1.54, 1.807) is 12.1 Å². The molecule has 0 saturated heterocycles. The summed E-state index contributed by atoms with van der Waals surface area (Å²) >= 11 is 0. The Hall–Kier alpha value is -2.67. The van der Waals surface area contributed by atoms with Crippen molar-refractivity contribution in [3.63, 3.8) is 0 Å². The van der Waals surface area contributed by atoms with Crippen LogP contribution in [0.4, 0.5) is 0 Å². The summed E-state index contributed by atoms with van der Waals surface area (Å²) in [6.45, 7) is 0.490. The van der Waals surface area contributed by atoms with Gasteiger partial charge < -0.3 is 9.72 Å².